The van der Waals surface area contributed by atoms with Gasteiger partial charge in [0.2, 0.25) is 5.95 Å². The lowest BCUT2D eigenvalue weighted by atomic mass is 10.2. The molecule has 2 N–H and O–H groups in total. The number of hydrogen-bond acceptors (Lipinski definition) is 5. The summed E-state index contributed by atoms with van der Waals surface area (Å²) in [5, 5.41) is 2.65. The molecule has 0 fully saturated rings. The highest BCUT2D eigenvalue weighted by molar-refractivity contribution is 6.76. The van der Waals surface area contributed by atoms with Crippen LogP contribution in [-0.2, 0) is 16.2 Å². The maximum absolute atomic E-state index is 12.1. The molecular weight excluding hydrogens is 398 g/mol. The first-order valence-electron chi connectivity index (χ1n) is 10.1. The molecule has 0 saturated heterocycles. The summed E-state index contributed by atoms with van der Waals surface area (Å²) in [6, 6.07) is 6.89. The van der Waals surface area contributed by atoms with Crippen molar-refractivity contribution in [2.24, 2.45) is 0 Å². The van der Waals surface area contributed by atoms with Gasteiger partial charge in [0, 0.05) is 27.1 Å². The lowest BCUT2D eigenvalue weighted by Crippen LogP contribution is -2.27. The van der Waals surface area contributed by atoms with Gasteiger partial charge in [0.05, 0.1) is 11.2 Å². The van der Waals surface area contributed by atoms with E-state index in [0.29, 0.717) is 18.2 Å². The Balaban J connectivity index is 1.78. The van der Waals surface area contributed by atoms with Gasteiger partial charge in [-0.15, -0.1) is 0 Å². The van der Waals surface area contributed by atoms with Crippen molar-refractivity contribution in [1.82, 2.24) is 19.5 Å². The minimum absolute atomic E-state index is 0.318. The molecule has 0 aliphatic heterocycles. The van der Waals surface area contributed by atoms with Crippen molar-refractivity contribution in [2.75, 3.05) is 11.9 Å². The molecule has 3 aromatic rings. The lowest BCUT2D eigenvalue weighted by molar-refractivity contribution is 0.0635. The molecular formula is C21H31N5O3Si. The number of anilines is 1. The largest absolute Gasteiger partial charge is 0.444 e. The fourth-order valence-electron chi connectivity index (χ4n) is 2.87. The third-order valence-corrected chi connectivity index (χ3v) is 6.02. The van der Waals surface area contributed by atoms with Crippen LogP contribution in [0.5, 0.6) is 0 Å². The summed E-state index contributed by atoms with van der Waals surface area (Å²) in [6.45, 7) is 13.6. The molecule has 0 spiro atoms. The Morgan fingerprint density at radius 2 is 2.03 bits per heavy atom. The van der Waals surface area contributed by atoms with E-state index in [2.05, 4.69) is 39.9 Å². The predicted octanol–water partition coefficient (Wildman–Crippen LogP) is 5.09. The van der Waals surface area contributed by atoms with E-state index in [1.54, 1.807) is 6.20 Å². The van der Waals surface area contributed by atoms with Crippen molar-refractivity contribution in [3.05, 3.63) is 30.6 Å². The monoisotopic (exact) mass is 429 g/mol. The van der Waals surface area contributed by atoms with Gasteiger partial charge in [0.1, 0.15) is 23.5 Å². The zero-order valence-corrected chi connectivity index (χ0v) is 19.6. The zero-order valence-electron chi connectivity index (χ0n) is 18.6. The number of aromatic nitrogens is 4. The van der Waals surface area contributed by atoms with E-state index < -0.39 is 19.8 Å². The van der Waals surface area contributed by atoms with Gasteiger partial charge in [-0.05, 0) is 45.0 Å². The van der Waals surface area contributed by atoms with Crippen molar-refractivity contribution in [3.8, 4) is 11.4 Å². The number of pyridine rings is 1. The minimum Gasteiger partial charge on any atom is -0.444 e. The molecule has 0 aliphatic carbocycles. The standard InChI is InChI=1S/C21H31N5O3Si/c1-21(2,3)29-20(27)25-19-23-15-9-10-22-18(17(15)24-19)16-8-7-11-26(16)14-28-12-13-30(4,5)6/h7-11H,12-14H2,1-6H3,(H2,23,24,25,27). The summed E-state index contributed by atoms with van der Waals surface area (Å²) in [7, 11) is -1.12. The molecule has 1 amide bonds. The highest BCUT2D eigenvalue weighted by Crippen LogP contribution is 2.27. The van der Waals surface area contributed by atoms with Crippen molar-refractivity contribution < 1.29 is 14.3 Å². The number of aromatic amines is 1. The van der Waals surface area contributed by atoms with Crippen LogP contribution in [0, 0.1) is 0 Å². The second kappa shape index (κ2) is 8.61. The third-order valence-electron chi connectivity index (χ3n) is 4.32. The van der Waals surface area contributed by atoms with Gasteiger partial charge in [0.15, 0.2) is 0 Å². The maximum atomic E-state index is 12.1. The number of ether oxygens (including phenoxy) is 2. The molecule has 0 aromatic carbocycles. The number of carbonyl (C=O) groups is 1. The highest BCUT2D eigenvalue weighted by Gasteiger charge is 2.19. The summed E-state index contributed by atoms with van der Waals surface area (Å²) >= 11 is 0. The first kappa shape index (κ1) is 22.0. The molecule has 9 heteroatoms. The van der Waals surface area contributed by atoms with Crippen molar-refractivity contribution in [3.63, 3.8) is 0 Å². The van der Waals surface area contributed by atoms with Crippen LogP contribution in [0.1, 0.15) is 20.8 Å². The molecule has 0 radical (unpaired) electrons. The van der Waals surface area contributed by atoms with Crippen LogP contribution in [0.25, 0.3) is 22.4 Å². The van der Waals surface area contributed by atoms with Crippen LogP contribution < -0.4 is 5.32 Å². The molecule has 0 unspecified atom stereocenters. The fourth-order valence-corrected chi connectivity index (χ4v) is 3.62. The summed E-state index contributed by atoms with van der Waals surface area (Å²) in [5.41, 5.74) is 2.49. The second-order valence-electron chi connectivity index (χ2n) is 9.48. The van der Waals surface area contributed by atoms with Gasteiger partial charge in [-0.25, -0.2) is 9.78 Å². The maximum Gasteiger partial charge on any atom is 0.414 e. The summed E-state index contributed by atoms with van der Waals surface area (Å²) < 4.78 is 13.2. The van der Waals surface area contributed by atoms with Crippen LogP contribution in [0.3, 0.4) is 0 Å². The van der Waals surface area contributed by atoms with E-state index in [-0.39, 0.29) is 0 Å². The second-order valence-corrected chi connectivity index (χ2v) is 15.1. The summed E-state index contributed by atoms with van der Waals surface area (Å²) in [4.78, 5) is 24.2. The molecule has 0 bridgehead atoms. The van der Waals surface area contributed by atoms with E-state index in [9.17, 15) is 4.79 Å². The van der Waals surface area contributed by atoms with E-state index in [0.717, 1.165) is 29.6 Å². The molecule has 0 aliphatic rings. The molecule has 30 heavy (non-hydrogen) atoms. The van der Waals surface area contributed by atoms with Crippen LogP contribution in [-0.4, -0.2) is 45.9 Å². The Hall–Kier alpha value is -2.65. The van der Waals surface area contributed by atoms with E-state index in [1.165, 1.54) is 0 Å². The summed E-state index contributed by atoms with van der Waals surface area (Å²) in [5.74, 6) is 0.318. The van der Waals surface area contributed by atoms with E-state index in [4.69, 9.17) is 9.47 Å². The predicted molar refractivity (Wildman–Crippen MR) is 121 cm³/mol. The Bertz CT molecular complexity index is 1010. The Morgan fingerprint density at radius 1 is 1.27 bits per heavy atom. The van der Waals surface area contributed by atoms with Crippen LogP contribution in [0.4, 0.5) is 10.7 Å². The number of carbonyl (C=O) groups excluding carboxylic acids is 1. The molecule has 0 atom stereocenters. The Kier molecular flexibility index (Phi) is 6.32. The molecule has 3 heterocycles. The number of nitrogens with zero attached hydrogens (tertiary/aromatic N) is 3. The van der Waals surface area contributed by atoms with Gasteiger partial charge in [-0.2, -0.15) is 0 Å². The first-order valence-corrected chi connectivity index (χ1v) is 13.8. The molecule has 3 aromatic heterocycles. The minimum atomic E-state index is -1.12. The smallest absolute Gasteiger partial charge is 0.414 e. The lowest BCUT2D eigenvalue weighted by Gasteiger charge is -2.18. The third kappa shape index (κ3) is 5.93. The molecule has 162 valence electrons. The van der Waals surface area contributed by atoms with Gasteiger partial charge < -0.3 is 19.0 Å². The van der Waals surface area contributed by atoms with E-state index in [1.807, 2.05) is 49.7 Å². The van der Waals surface area contributed by atoms with Gasteiger partial charge in [-0.1, -0.05) is 19.6 Å². The van der Waals surface area contributed by atoms with Crippen molar-refractivity contribution in [1.29, 1.82) is 0 Å². The normalized spacial score (nSPS) is 12.3. The number of hydrogen-bond donors (Lipinski definition) is 2. The molecule has 8 nitrogen and oxygen atoms in total. The number of amides is 1. The van der Waals surface area contributed by atoms with Gasteiger partial charge in [-0.3, -0.25) is 10.3 Å². The summed E-state index contributed by atoms with van der Waals surface area (Å²) in [6.07, 6.45) is 3.13. The Labute approximate surface area is 178 Å². The quantitative estimate of drug-likeness (QED) is 0.403. The first-order chi connectivity index (χ1) is 14.0. The molecule has 0 saturated carbocycles. The fraction of sp³-hybridized carbons (Fsp3) is 0.476. The topological polar surface area (TPSA) is 94.1 Å². The van der Waals surface area contributed by atoms with Crippen LogP contribution in [0.2, 0.25) is 25.7 Å². The number of imidazole rings is 1. The zero-order chi connectivity index (χ0) is 21.9. The number of H-pyrrole nitrogens is 1. The number of fused-ring (bicyclic) bond motifs is 1. The number of rotatable bonds is 7. The Morgan fingerprint density at radius 3 is 2.73 bits per heavy atom. The average Bonchev–Trinajstić information content (AvgIpc) is 3.21. The highest BCUT2D eigenvalue weighted by atomic mass is 28.3. The van der Waals surface area contributed by atoms with E-state index >= 15 is 0 Å². The SMILES string of the molecule is CC(C)(C)OC(=O)Nc1nc2c(-c3cccn3COCC[Si](C)(C)C)nccc2[nH]1. The number of nitrogens with one attached hydrogen (secondary N) is 2. The average molecular weight is 430 g/mol. The van der Waals surface area contributed by atoms with Crippen molar-refractivity contribution >= 4 is 31.1 Å². The van der Waals surface area contributed by atoms with Gasteiger partial charge >= 0.3 is 6.09 Å². The molecule has 3 rings (SSSR count). The van der Waals surface area contributed by atoms with Crippen molar-refractivity contribution in [2.45, 2.75) is 58.8 Å². The van der Waals surface area contributed by atoms with Crippen LogP contribution >= 0.6 is 0 Å². The van der Waals surface area contributed by atoms with Crippen LogP contribution in [0.15, 0.2) is 30.6 Å². The van der Waals surface area contributed by atoms with Gasteiger partial charge in [0.25, 0.3) is 0 Å².